The lowest BCUT2D eigenvalue weighted by Crippen LogP contribution is -2.39. The van der Waals surface area contributed by atoms with Gasteiger partial charge in [0, 0.05) is 37.8 Å². The van der Waals surface area contributed by atoms with Gasteiger partial charge in [-0.25, -0.2) is 0 Å². The summed E-state index contributed by atoms with van der Waals surface area (Å²) >= 11 is 0. The van der Waals surface area contributed by atoms with Gasteiger partial charge in [-0.3, -0.25) is 4.90 Å². The molecule has 2 rings (SSSR count). The van der Waals surface area contributed by atoms with Crippen LogP contribution in [0.1, 0.15) is 6.42 Å². The highest BCUT2D eigenvalue weighted by Crippen LogP contribution is 2.18. The number of nitrogens with one attached hydrogen (secondary N) is 1. The van der Waals surface area contributed by atoms with Crippen molar-refractivity contribution in [2.24, 2.45) is 5.92 Å². The molecular formula is C10H18N2O. The normalized spacial score (nSPS) is 30.5. The van der Waals surface area contributed by atoms with E-state index in [1.165, 1.54) is 12.1 Å². The lowest BCUT2D eigenvalue weighted by atomic mass is 10.1. The zero-order valence-electron chi connectivity index (χ0n) is 8.09. The van der Waals surface area contributed by atoms with Crippen molar-refractivity contribution >= 4 is 0 Å². The molecule has 0 aromatic rings. The molecular weight excluding hydrogens is 164 g/mol. The van der Waals surface area contributed by atoms with Gasteiger partial charge in [-0.2, -0.15) is 0 Å². The minimum absolute atomic E-state index is 0.665. The summed E-state index contributed by atoms with van der Waals surface area (Å²) in [7, 11) is 0. The van der Waals surface area contributed by atoms with Crippen LogP contribution < -0.4 is 5.32 Å². The van der Waals surface area contributed by atoms with Crippen LogP contribution in [0.15, 0.2) is 12.3 Å². The molecule has 0 aromatic heterocycles. The molecule has 0 aliphatic carbocycles. The largest absolute Gasteiger partial charge is 0.389 e. The molecule has 74 valence electrons. The number of hydrogen-bond donors (Lipinski definition) is 1. The van der Waals surface area contributed by atoms with E-state index in [0.29, 0.717) is 5.92 Å². The van der Waals surface area contributed by atoms with Gasteiger partial charge >= 0.3 is 0 Å². The summed E-state index contributed by atoms with van der Waals surface area (Å²) in [5.74, 6) is 0.665. The first-order chi connectivity index (χ1) is 6.36. The molecule has 2 aliphatic rings. The lowest BCUT2D eigenvalue weighted by molar-refractivity contribution is 0.0332. The van der Waals surface area contributed by atoms with Crippen molar-refractivity contribution in [1.29, 1.82) is 0 Å². The van der Waals surface area contributed by atoms with E-state index in [1.807, 2.05) is 0 Å². The Morgan fingerprint density at radius 1 is 1.46 bits per heavy atom. The Morgan fingerprint density at radius 3 is 2.85 bits per heavy atom. The predicted molar refractivity (Wildman–Crippen MR) is 52.5 cm³/mol. The van der Waals surface area contributed by atoms with Crippen LogP contribution in [0.2, 0.25) is 0 Å². The molecule has 2 saturated heterocycles. The minimum atomic E-state index is 0.665. The fourth-order valence-electron chi connectivity index (χ4n) is 2.02. The number of rotatable bonds is 2. The maximum Gasteiger partial charge on any atom is 0.0594 e. The van der Waals surface area contributed by atoms with Crippen LogP contribution in [0.4, 0.5) is 0 Å². The second-order valence-electron chi connectivity index (χ2n) is 3.85. The molecule has 0 spiro atoms. The SMILES string of the molecule is C=C1NCCC1CN1CCOCC1. The topological polar surface area (TPSA) is 24.5 Å². The molecule has 0 radical (unpaired) electrons. The van der Waals surface area contributed by atoms with Gasteiger partial charge in [0.15, 0.2) is 0 Å². The van der Waals surface area contributed by atoms with E-state index in [9.17, 15) is 0 Å². The minimum Gasteiger partial charge on any atom is -0.389 e. The third-order valence-corrected chi connectivity index (χ3v) is 2.92. The van der Waals surface area contributed by atoms with E-state index >= 15 is 0 Å². The van der Waals surface area contributed by atoms with E-state index in [0.717, 1.165) is 39.4 Å². The van der Waals surface area contributed by atoms with E-state index in [1.54, 1.807) is 0 Å². The quantitative estimate of drug-likeness (QED) is 0.670. The third kappa shape index (κ3) is 2.23. The molecule has 0 aromatic carbocycles. The van der Waals surface area contributed by atoms with Crippen LogP contribution in [0.3, 0.4) is 0 Å². The van der Waals surface area contributed by atoms with Crippen molar-refractivity contribution in [3.63, 3.8) is 0 Å². The molecule has 2 fully saturated rings. The summed E-state index contributed by atoms with van der Waals surface area (Å²) in [5, 5.41) is 3.31. The number of hydrogen-bond acceptors (Lipinski definition) is 3. The standard InChI is InChI=1S/C10H18N2O/c1-9-10(2-3-11-9)8-12-4-6-13-7-5-12/h10-11H,1-8H2. The first kappa shape index (κ1) is 9.03. The summed E-state index contributed by atoms with van der Waals surface area (Å²) in [6, 6.07) is 0. The van der Waals surface area contributed by atoms with E-state index in [4.69, 9.17) is 4.74 Å². The molecule has 2 heterocycles. The highest BCUT2D eigenvalue weighted by Gasteiger charge is 2.22. The smallest absolute Gasteiger partial charge is 0.0594 e. The zero-order chi connectivity index (χ0) is 9.10. The van der Waals surface area contributed by atoms with Gasteiger partial charge in [-0.05, 0) is 6.42 Å². The highest BCUT2D eigenvalue weighted by atomic mass is 16.5. The van der Waals surface area contributed by atoms with Gasteiger partial charge in [-0.15, -0.1) is 0 Å². The first-order valence-electron chi connectivity index (χ1n) is 5.09. The Balaban J connectivity index is 1.79. The van der Waals surface area contributed by atoms with Crippen molar-refractivity contribution in [1.82, 2.24) is 10.2 Å². The summed E-state index contributed by atoms with van der Waals surface area (Å²) in [5.41, 5.74) is 1.23. The van der Waals surface area contributed by atoms with Crippen LogP contribution in [-0.2, 0) is 4.74 Å². The van der Waals surface area contributed by atoms with Crippen molar-refractivity contribution in [2.75, 3.05) is 39.4 Å². The number of ether oxygens (including phenoxy) is 1. The summed E-state index contributed by atoms with van der Waals surface area (Å²) in [4.78, 5) is 2.48. The van der Waals surface area contributed by atoms with Gasteiger partial charge < -0.3 is 10.1 Å². The van der Waals surface area contributed by atoms with E-state index in [-0.39, 0.29) is 0 Å². The molecule has 1 atom stereocenters. The fraction of sp³-hybridized carbons (Fsp3) is 0.800. The van der Waals surface area contributed by atoms with E-state index < -0.39 is 0 Å². The summed E-state index contributed by atoms with van der Waals surface area (Å²) in [6.07, 6.45) is 1.25. The number of nitrogens with zero attached hydrogens (tertiary/aromatic N) is 1. The average molecular weight is 182 g/mol. The molecule has 0 amide bonds. The maximum absolute atomic E-state index is 5.31. The van der Waals surface area contributed by atoms with Gasteiger partial charge in [0.05, 0.1) is 13.2 Å². The molecule has 1 N–H and O–H groups in total. The van der Waals surface area contributed by atoms with Gasteiger partial charge in [0.2, 0.25) is 0 Å². The maximum atomic E-state index is 5.31. The lowest BCUT2D eigenvalue weighted by Gasteiger charge is -2.28. The fourth-order valence-corrected chi connectivity index (χ4v) is 2.02. The predicted octanol–water partition coefficient (Wildman–Crippen LogP) is 0.442. The van der Waals surface area contributed by atoms with Crippen molar-refractivity contribution in [2.45, 2.75) is 6.42 Å². The zero-order valence-corrected chi connectivity index (χ0v) is 8.09. The highest BCUT2D eigenvalue weighted by molar-refractivity contribution is 5.04. The first-order valence-corrected chi connectivity index (χ1v) is 5.09. The monoisotopic (exact) mass is 182 g/mol. The Bertz CT molecular complexity index is 187. The van der Waals surface area contributed by atoms with E-state index in [2.05, 4.69) is 16.8 Å². The van der Waals surface area contributed by atoms with Crippen LogP contribution in [0, 0.1) is 5.92 Å². The van der Waals surface area contributed by atoms with Gasteiger partial charge in [0.25, 0.3) is 0 Å². The Labute approximate surface area is 79.7 Å². The van der Waals surface area contributed by atoms with Gasteiger partial charge in [0.1, 0.15) is 0 Å². The average Bonchev–Trinajstić information content (AvgIpc) is 2.54. The summed E-state index contributed by atoms with van der Waals surface area (Å²) < 4.78 is 5.31. The molecule has 1 unspecified atom stereocenters. The molecule has 3 heteroatoms. The Hall–Kier alpha value is -0.540. The molecule has 0 bridgehead atoms. The van der Waals surface area contributed by atoms with Gasteiger partial charge in [-0.1, -0.05) is 6.58 Å². The molecule has 3 nitrogen and oxygen atoms in total. The second kappa shape index (κ2) is 4.11. The van der Waals surface area contributed by atoms with Crippen molar-refractivity contribution in [3.8, 4) is 0 Å². The van der Waals surface area contributed by atoms with Crippen LogP contribution in [-0.4, -0.2) is 44.3 Å². The molecule has 0 saturated carbocycles. The Kier molecular flexibility index (Phi) is 2.86. The third-order valence-electron chi connectivity index (χ3n) is 2.92. The molecule has 13 heavy (non-hydrogen) atoms. The molecule has 2 aliphatic heterocycles. The van der Waals surface area contributed by atoms with Crippen molar-refractivity contribution < 1.29 is 4.74 Å². The van der Waals surface area contributed by atoms with Crippen LogP contribution in [0.5, 0.6) is 0 Å². The van der Waals surface area contributed by atoms with Crippen LogP contribution >= 0.6 is 0 Å². The Morgan fingerprint density at radius 2 is 2.23 bits per heavy atom. The summed E-state index contributed by atoms with van der Waals surface area (Å²) in [6.45, 7) is 10.3. The van der Waals surface area contributed by atoms with Crippen LogP contribution in [0.25, 0.3) is 0 Å². The number of morpholine rings is 1. The van der Waals surface area contributed by atoms with Crippen molar-refractivity contribution in [3.05, 3.63) is 12.3 Å². The second-order valence-corrected chi connectivity index (χ2v) is 3.85.